The van der Waals surface area contributed by atoms with Gasteiger partial charge in [0.05, 0.1) is 0 Å². The number of hydrogen-bond acceptors (Lipinski definition) is 2. The van der Waals surface area contributed by atoms with E-state index in [0.29, 0.717) is 6.61 Å². The van der Waals surface area contributed by atoms with E-state index in [-0.39, 0.29) is 6.04 Å². The third kappa shape index (κ3) is 2.34. The minimum absolute atomic E-state index is 0.110. The predicted octanol–water partition coefficient (Wildman–Crippen LogP) is 2.96. The van der Waals surface area contributed by atoms with Crippen LogP contribution in [0.15, 0.2) is 42.5 Å². The molecule has 2 nitrogen and oxygen atoms in total. The Labute approximate surface area is 96.0 Å². The molecule has 84 valence electrons. The molecular formula is C14H17NO. The molecule has 0 aliphatic rings. The van der Waals surface area contributed by atoms with Crippen LogP contribution in [-0.2, 0) is 0 Å². The lowest BCUT2D eigenvalue weighted by atomic mass is 10.1. The monoisotopic (exact) mass is 215 g/mol. The summed E-state index contributed by atoms with van der Waals surface area (Å²) in [6, 6.07) is 14.4. The third-order valence-electron chi connectivity index (χ3n) is 2.73. The Balaban J connectivity index is 2.23. The molecule has 0 aliphatic carbocycles. The summed E-state index contributed by atoms with van der Waals surface area (Å²) >= 11 is 0. The summed E-state index contributed by atoms with van der Waals surface area (Å²) in [6.45, 7) is 2.64. The molecule has 2 aromatic carbocycles. The highest BCUT2D eigenvalue weighted by molar-refractivity contribution is 5.88. The summed E-state index contributed by atoms with van der Waals surface area (Å²) in [5.41, 5.74) is 5.84. The van der Waals surface area contributed by atoms with Gasteiger partial charge in [-0.2, -0.15) is 0 Å². The zero-order valence-electron chi connectivity index (χ0n) is 9.52. The second kappa shape index (κ2) is 4.99. The molecule has 0 fully saturated rings. The van der Waals surface area contributed by atoms with E-state index in [1.54, 1.807) is 0 Å². The van der Waals surface area contributed by atoms with E-state index in [4.69, 9.17) is 10.5 Å². The Morgan fingerprint density at radius 3 is 2.69 bits per heavy atom. The molecule has 16 heavy (non-hydrogen) atoms. The molecule has 0 saturated carbocycles. The van der Waals surface area contributed by atoms with Gasteiger partial charge >= 0.3 is 0 Å². The van der Waals surface area contributed by atoms with Gasteiger partial charge in [0.2, 0.25) is 0 Å². The van der Waals surface area contributed by atoms with Crippen molar-refractivity contribution in [2.45, 2.75) is 19.4 Å². The zero-order valence-corrected chi connectivity index (χ0v) is 9.52. The number of fused-ring (bicyclic) bond motifs is 1. The quantitative estimate of drug-likeness (QED) is 0.851. The third-order valence-corrected chi connectivity index (χ3v) is 2.73. The molecule has 2 rings (SSSR count). The Kier molecular flexibility index (Phi) is 3.42. The first kappa shape index (κ1) is 11.0. The molecule has 2 N–H and O–H groups in total. The van der Waals surface area contributed by atoms with Gasteiger partial charge in [-0.3, -0.25) is 0 Å². The van der Waals surface area contributed by atoms with Gasteiger partial charge < -0.3 is 10.5 Å². The number of ether oxygens (including phenoxy) is 1. The van der Waals surface area contributed by atoms with E-state index < -0.39 is 0 Å². The SMILES string of the molecule is CCC(N)COc1cccc2ccccc12. The summed E-state index contributed by atoms with van der Waals surface area (Å²) in [7, 11) is 0. The maximum Gasteiger partial charge on any atom is 0.127 e. The van der Waals surface area contributed by atoms with Crippen LogP contribution in [0.4, 0.5) is 0 Å². The molecule has 0 aliphatic heterocycles. The van der Waals surface area contributed by atoms with Crippen LogP contribution in [0.2, 0.25) is 0 Å². The topological polar surface area (TPSA) is 35.2 Å². The maximum absolute atomic E-state index is 5.84. The zero-order chi connectivity index (χ0) is 11.4. The smallest absolute Gasteiger partial charge is 0.127 e. The lowest BCUT2D eigenvalue weighted by Crippen LogP contribution is -2.26. The Morgan fingerprint density at radius 1 is 1.12 bits per heavy atom. The van der Waals surface area contributed by atoms with Gasteiger partial charge in [0, 0.05) is 11.4 Å². The molecule has 1 atom stereocenters. The lowest BCUT2D eigenvalue weighted by molar-refractivity contribution is 0.288. The van der Waals surface area contributed by atoms with Crippen molar-refractivity contribution in [3.8, 4) is 5.75 Å². The first-order chi connectivity index (χ1) is 7.81. The number of benzene rings is 2. The number of nitrogens with two attached hydrogens (primary N) is 1. The van der Waals surface area contributed by atoms with E-state index in [1.807, 2.05) is 24.3 Å². The summed E-state index contributed by atoms with van der Waals surface area (Å²) in [6.07, 6.45) is 0.935. The Bertz CT molecular complexity index is 462. The van der Waals surface area contributed by atoms with Crippen molar-refractivity contribution < 1.29 is 4.74 Å². The second-order valence-corrected chi connectivity index (χ2v) is 3.96. The van der Waals surface area contributed by atoms with Gasteiger partial charge in [0.15, 0.2) is 0 Å². The average molecular weight is 215 g/mol. The van der Waals surface area contributed by atoms with Crippen LogP contribution in [0.5, 0.6) is 5.75 Å². The highest BCUT2D eigenvalue weighted by Gasteiger charge is 2.03. The van der Waals surface area contributed by atoms with Crippen molar-refractivity contribution in [1.29, 1.82) is 0 Å². The van der Waals surface area contributed by atoms with Gasteiger partial charge in [-0.15, -0.1) is 0 Å². The standard InChI is InChI=1S/C14H17NO/c1-2-12(15)10-16-14-9-5-7-11-6-3-4-8-13(11)14/h3-9,12H,2,10,15H2,1H3. The van der Waals surface area contributed by atoms with Crippen molar-refractivity contribution in [3.63, 3.8) is 0 Å². The molecule has 2 aromatic rings. The highest BCUT2D eigenvalue weighted by atomic mass is 16.5. The van der Waals surface area contributed by atoms with Crippen molar-refractivity contribution >= 4 is 10.8 Å². The normalized spacial score (nSPS) is 12.6. The maximum atomic E-state index is 5.84. The fourth-order valence-electron chi connectivity index (χ4n) is 1.64. The van der Waals surface area contributed by atoms with E-state index in [1.165, 1.54) is 5.39 Å². The average Bonchev–Trinajstić information content (AvgIpc) is 2.35. The first-order valence-electron chi connectivity index (χ1n) is 5.67. The lowest BCUT2D eigenvalue weighted by Gasteiger charge is -2.12. The fourth-order valence-corrected chi connectivity index (χ4v) is 1.64. The molecule has 0 bridgehead atoms. The van der Waals surface area contributed by atoms with Crippen molar-refractivity contribution in [1.82, 2.24) is 0 Å². The first-order valence-corrected chi connectivity index (χ1v) is 5.67. The summed E-state index contributed by atoms with van der Waals surface area (Å²) in [5, 5.41) is 2.35. The van der Waals surface area contributed by atoms with Crippen molar-refractivity contribution in [3.05, 3.63) is 42.5 Å². The summed E-state index contributed by atoms with van der Waals surface area (Å²) in [5.74, 6) is 0.919. The van der Waals surface area contributed by atoms with Gasteiger partial charge in [-0.05, 0) is 17.9 Å². The molecule has 0 spiro atoms. The Morgan fingerprint density at radius 2 is 1.88 bits per heavy atom. The van der Waals surface area contributed by atoms with Crippen LogP contribution < -0.4 is 10.5 Å². The highest BCUT2D eigenvalue weighted by Crippen LogP contribution is 2.25. The largest absolute Gasteiger partial charge is 0.491 e. The van der Waals surface area contributed by atoms with E-state index in [2.05, 4.69) is 25.1 Å². The predicted molar refractivity (Wildman–Crippen MR) is 67.7 cm³/mol. The fraction of sp³-hybridized carbons (Fsp3) is 0.286. The molecular weight excluding hydrogens is 198 g/mol. The van der Waals surface area contributed by atoms with E-state index in [9.17, 15) is 0 Å². The van der Waals surface area contributed by atoms with Gasteiger partial charge in [0.25, 0.3) is 0 Å². The second-order valence-electron chi connectivity index (χ2n) is 3.96. The van der Waals surface area contributed by atoms with Crippen LogP contribution >= 0.6 is 0 Å². The van der Waals surface area contributed by atoms with E-state index >= 15 is 0 Å². The van der Waals surface area contributed by atoms with E-state index in [0.717, 1.165) is 17.6 Å². The summed E-state index contributed by atoms with van der Waals surface area (Å²) in [4.78, 5) is 0. The molecule has 0 amide bonds. The number of rotatable bonds is 4. The minimum atomic E-state index is 0.110. The molecule has 0 saturated heterocycles. The molecule has 1 unspecified atom stereocenters. The number of hydrogen-bond donors (Lipinski definition) is 1. The van der Waals surface area contributed by atoms with Crippen LogP contribution in [0.1, 0.15) is 13.3 Å². The van der Waals surface area contributed by atoms with Gasteiger partial charge in [0.1, 0.15) is 12.4 Å². The molecule has 0 aromatic heterocycles. The van der Waals surface area contributed by atoms with Crippen molar-refractivity contribution in [2.24, 2.45) is 5.73 Å². The Hall–Kier alpha value is -1.54. The van der Waals surface area contributed by atoms with Crippen LogP contribution in [0.25, 0.3) is 10.8 Å². The summed E-state index contributed by atoms with van der Waals surface area (Å²) < 4.78 is 5.75. The van der Waals surface area contributed by atoms with Gasteiger partial charge in [-0.25, -0.2) is 0 Å². The minimum Gasteiger partial charge on any atom is -0.491 e. The van der Waals surface area contributed by atoms with Crippen molar-refractivity contribution in [2.75, 3.05) is 6.61 Å². The molecule has 0 radical (unpaired) electrons. The van der Waals surface area contributed by atoms with Gasteiger partial charge in [-0.1, -0.05) is 43.3 Å². The van der Waals surface area contributed by atoms with Crippen LogP contribution in [-0.4, -0.2) is 12.6 Å². The van der Waals surface area contributed by atoms with Crippen LogP contribution in [0.3, 0.4) is 0 Å². The molecule has 0 heterocycles. The molecule has 2 heteroatoms. The van der Waals surface area contributed by atoms with Crippen LogP contribution in [0, 0.1) is 0 Å².